The summed E-state index contributed by atoms with van der Waals surface area (Å²) >= 11 is 0. The van der Waals surface area contributed by atoms with E-state index in [1.165, 1.54) is 6.07 Å². The van der Waals surface area contributed by atoms with Crippen molar-refractivity contribution in [2.24, 2.45) is 0 Å². The van der Waals surface area contributed by atoms with Crippen LogP contribution < -0.4 is 19.9 Å². The highest BCUT2D eigenvalue weighted by molar-refractivity contribution is 5.83. The van der Waals surface area contributed by atoms with Crippen LogP contribution in [0.3, 0.4) is 0 Å². The van der Waals surface area contributed by atoms with Crippen LogP contribution in [-0.4, -0.2) is 83.2 Å². The highest BCUT2D eigenvalue weighted by atomic mass is 19.1. The molecule has 0 bridgehead atoms. The van der Waals surface area contributed by atoms with E-state index in [1.807, 2.05) is 23.1 Å². The van der Waals surface area contributed by atoms with Gasteiger partial charge in [-0.1, -0.05) is 12.1 Å². The molecule has 210 valence electrons. The molecule has 40 heavy (non-hydrogen) atoms. The summed E-state index contributed by atoms with van der Waals surface area (Å²) in [4.78, 5) is 20.9. The molecule has 0 radical (unpaired) electrons. The van der Waals surface area contributed by atoms with E-state index in [1.54, 1.807) is 37.1 Å². The maximum absolute atomic E-state index is 14.5. The van der Waals surface area contributed by atoms with Crippen LogP contribution in [0.4, 0.5) is 10.1 Å². The van der Waals surface area contributed by atoms with Gasteiger partial charge in [0.1, 0.15) is 11.9 Å². The number of ether oxygens (including phenoxy) is 3. The number of nitrogens with one attached hydrogen (secondary N) is 1. The van der Waals surface area contributed by atoms with Gasteiger partial charge in [0.05, 0.1) is 38.1 Å². The second-order valence-corrected chi connectivity index (χ2v) is 10.1. The molecule has 12 heteroatoms. The third kappa shape index (κ3) is 5.00. The first-order valence-electron chi connectivity index (χ1n) is 13.5. The number of aromatic amines is 1. The standard InChI is InChI=1S/C28H32FN7O4/c1-38-24-15-18-14-20(28(37)30-22(18)16-25(24)39-2)26(27-31-32-33-36(27)17-19-6-5-13-40-19)35-11-9-34(10-12-35)23-8-4-3-7-21(23)29/h3-4,7-8,14-16,19,26H,5-6,9-13,17H2,1-2H3,(H,30,37)/t19-,26+/m0/s1. The van der Waals surface area contributed by atoms with Crippen molar-refractivity contribution < 1.29 is 18.6 Å². The van der Waals surface area contributed by atoms with Gasteiger partial charge in [-0.15, -0.1) is 5.10 Å². The van der Waals surface area contributed by atoms with E-state index in [0.717, 1.165) is 24.8 Å². The number of rotatable bonds is 8. The van der Waals surface area contributed by atoms with Gasteiger partial charge < -0.3 is 24.1 Å². The van der Waals surface area contributed by atoms with Crippen molar-refractivity contribution in [3.8, 4) is 11.5 Å². The Balaban J connectivity index is 1.39. The molecular formula is C28H32FN7O4. The maximum atomic E-state index is 14.5. The summed E-state index contributed by atoms with van der Waals surface area (Å²) in [6, 6.07) is 11.7. The number of nitrogens with zero attached hydrogens (tertiary/aromatic N) is 6. The summed E-state index contributed by atoms with van der Waals surface area (Å²) < 4.78 is 33.0. The second-order valence-electron chi connectivity index (χ2n) is 10.1. The highest BCUT2D eigenvalue weighted by Gasteiger charge is 2.34. The number of hydrogen-bond acceptors (Lipinski definition) is 9. The molecule has 0 amide bonds. The molecule has 2 aromatic heterocycles. The van der Waals surface area contributed by atoms with E-state index in [4.69, 9.17) is 14.2 Å². The van der Waals surface area contributed by atoms with E-state index in [9.17, 15) is 9.18 Å². The summed E-state index contributed by atoms with van der Waals surface area (Å²) in [7, 11) is 3.13. The average Bonchev–Trinajstić information content (AvgIpc) is 3.66. The topological polar surface area (TPSA) is 111 Å². The lowest BCUT2D eigenvalue weighted by Crippen LogP contribution is -2.49. The highest BCUT2D eigenvalue weighted by Crippen LogP contribution is 2.34. The molecule has 11 nitrogen and oxygen atoms in total. The minimum Gasteiger partial charge on any atom is -0.493 e. The monoisotopic (exact) mass is 549 g/mol. The van der Waals surface area contributed by atoms with Gasteiger partial charge in [-0.3, -0.25) is 9.69 Å². The average molecular weight is 550 g/mol. The predicted molar refractivity (Wildman–Crippen MR) is 146 cm³/mol. The van der Waals surface area contributed by atoms with Crippen LogP contribution in [0, 0.1) is 5.82 Å². The lowest BCUT2D eigenvalue weighted by molar-refractivity contribution is 0.0906. The van der Waals surface area contributed by atoms with E-state index in [2.05, 4.69) is 25.4 Å². The number of H-pyrrole nitrogens is 1. The Hall–Kier alpha value is -4.03. The summed E-state index contributed by atoms with van der Waals surface area (Å²) in [6.45, 7) is 3.55. The fourth-order valence-corrected chi connectivity index (χ4v) is 5.70. The Morgan fingerprint density at radius 1 is 1.10 bits per heavy atom. The smallest absolute Gasteiger partial charge is 0.253 e. The molecule has 2 aliphatic heterocycles. The summed E-state index contributed by atoms with van der Waals surface area (Å²) in [5.41, 5.74) is 1.48. The minimum absolute atomic E-state index is 0.0208. The molecule has 2 aromatic carbocycles. The summed E-state index contributed by atoms with van der Waals surface area (Å²) in [5.74, 6) is 1.41. The molecule has 1 N–H and O–H groups in total. The van der Waals surface area contributed by atoms with Gasteiger partial charge in [0, 0.05) is 49.8 Å². The number of aromatic nitrogens is 5. The molecule has 6 rings (SSSR count). The molecular weight excluding hydrogens is 517 g/mol. The Morgan fingerprint density at radius 2 is 1.88 bits per heavy atom. The third-order valence-corrected chi connectivity index (χ3v) is 7.75. The lowest BCUT2D eigenvalue weighted by atomic mass is 10.0. The molecule has 2 atom stereocenters. The third-order valence-electron chi connectivity index (χ3n) is 7.75. The number of para-hydroxylation sites is 1. The van der Waals surface area contributed by atoms with Crippen molar-refractivity contribution in [3.05, 3.63) is 70.0 Å². The number of tetrazole rings is 1. The van der Waals surface area contributed by atoms with Crippen molar-refractivity contribution in [1.82, 2.24) is 30.1 Å². The van der Waals surface area contributed by atoms with Gasteiger partial charge in [-0.05, 0) is 47.5 Å². The van der Waals surface area contributed by atoms with Gasteiger partial charge in [-0.25, -0.2) is 9.07 Å². The first-order valence-corrected chi connectivity index (χ1v) is 13.5. The van der Waals surface area contributed by atoms with Crippen molar-refractivity contribution >= 4 is 16.6 Å². The van der Waals surface area contributed by atoms with Crippen LogP contribution in [-0.2, 0) is 11.3 Å². The molecule has 4 heterocycles. The van der Waals surface area contributed by atoms with Gasteiger partial charge in [0.2, 0.25) is 0 Å². The number of benzene rings is 2. The van der Waals surface area contributed by atoms with Crippen LogP contribution >= 0.6 is 0 Å². The largest absolute Gasteiger partial charge is 0.493 e. The molecule has 2 fully saturated rings. The number of fused-ring (bicyclic) bond motifs is 1. The Bertz CT molecular complexity index is 1540. The zero-order chi connectivity index (χ0) is 27.6. The lowest BCUT2D eigenvalue weighted by Gasteiger charge is -2.39. The van der Waals surface area contributed by atoms with Crippen LogP contribution in [0.1, 0.15) is 30.3 Å². The van der Waals surface area contributed by atoms with Crippen molar-refractivity contribution in [3.63, 3.8) is 0 Å². The predicted octanol–water partition coefficient (Wildman–Crippen LogP) is 2.76. The second kappa shape index (κ2) is 11.2. The first kappa shape index (κ1) is 26.2. The fourth-order valence-electron chi connectivity index (χ4n) is 5.70. The molecule has 0 spiro atoms. The SMILES string of the molecule is COc1cc2cc([C@H](c3nnnn3C[C@@H]3CCCO3)N3CCN(c4ccccc4F)CC3)c(=O)[nH]c2cc1OC. The maximum Gasteiger partial charge on any atom is 0.253 e. The van der Waals surface area contributed by atoms with E-state index in [-0.39, 0.29) is 17.5 Å². The number of piperazine rings is 1. The Morgan fingerprint density at radius 3 is 2.60 bits per heavy atom. The van der Waals surface area contributed by atoms with Crippen molar-refractivity contribution in [1.29, 1.82) is 0 Å². The van der Waals surface area contributed by atoms with Gasteiger partial charge >= 0.3 is 0 Å². The normalized spacial score (nSPS) is 18.8. The van der Waals surface area contributed by atoms with Crippen molar-refractivity contribution in [2.45, 2.75) is 31.5 Å². The van der Waals surface area contributed by atoms with E-state index >= 15 is 0 Å². The molecule has 0 saturated carbocycles. The Labute approximate surface area is 230 Å². The number of pyridine rings is 1. The molecule has 0 aliphatic carbocycles. The van der Waals surface area contributed by atoms with Crippen LogP contribution in [0.15, 0.2) is 47.3 Å². The number of methoxy groups -OCH3 is 2. The zero-order valence-electron chi connectivity index (χ0n) is 22.5. The minimum atomic E-state index is -0.527. The van der Waals surface area contributed by atoms with Crippen LogP contribution in [0.5, 0.6) is 11.5 Å². The van der Waals surface area contributed by atoms with Crippen LogP contribution in [0.2, 0.25) is 0 Å². The molecule has 4 aromatic rings. The summed E-state index contributed by atoms with van der Waals surface area (Å²) in [5, 5.41) is 13.5. The van der Waals surface area contributed by atoms with Crippen LogP contribution in [0.25, 0.3) is 10.9 Å². The van der Waals surface area contributed by atoms with Gasteiger partial charge in [0.15, 0.2) is 17.3 Å². The number of halogens is 1. The molecule has 0 unspecified atom stereocenters. The fraction of sp³-hybridized carbons (Fsp3) is 0.429. The molecule has 2 aliphatic rings. The number of hydrogen-bond donors (Lipinski definition) is 1. The number of anilines is 1. The van der Waals surface area contributed by atoms with E-state index < -0.39 is 6.04 Å². The summed E-state index contributed by atoms with van der Waals surface area (Å²) in [6.07, 6.45) is 1.95. The zero-order valence-corrected chi connectivity index (χ0v) is 22.5. The quantitative estimate of drug-likeness (QED) is 0.355. The van der Waals surface area contributed by atoms with Crippen molar-refractivity contribution in [2.75, 3.05) is 51.9 Å². The first-order chi connectivity index (χ1) is 19.6. The molecule has 2 saturated heterocycles. The van der Waals surface area contributed by atoms with E-state index in [0.29, 0.717) is 66.8 Å². The van der Waals surface area contributed by atoms with Gasteiger partial charge in [-0.2, -0.15) is 0 Å². The van der Waals surface area contributed by atoms with Gasteiger partial charge in [0.25, 0.3) is 5.56 Å². The Kier molecular flexibility index (Phi) is 7.35.